The molecule has 0 radical (unpaired) electrons. The van der Waals surface area contributed by atoms with E-state index in [4.69, 9.17) is 0 Å². The van der Waals surface area contributed by atoms with Gasteiger partial charge in [0.2, 0.25) is 10.0 Å². The molecule has 0 saturated carbocycles. The third kappa shape index (κ3) is 4.15. The number of nitrogens with one attached hydrogen (secondary N) is 1. The van der Waals surface area contributed by atoms with E-state index in [1.807, 2.05) is 45.2 Å². The average Bonchev–Trinajstić information content (AvgIpc) is 2.79. The lowest BCUT2D eigenvalue weighted by molar-refractivity contribution is 0.577. The van der Waals surface area contributed by atoms with Crippen molar-refractivity contribution in [1.29, 1.82) is 0 Å². The summed E-state index contributed by atoms with van der Waals surface area (Å²) in [5.74, 6) is 0. The highest BCUT2D eigenvalue weighted by atomic mass is 32.2. The number of thiazole rings is 1. The Balaban J connectivity index is 2.00. The van der Waals surface area contributed by atoms with E-state index in [1.54, 1.807) is 11.3 Å². The van der Waals surface area contributed by atoms with Crippen LogP contribution in [0.1, 0.15) is 33.8 Å². The quantitative estimate of drug-likeness (QED) is 0.822. The zero-order valence-corrected chi connectivity index (χ0v) is 15.1. The molecule has 0 unspecified atom stereocenters. The monoisotopic (exact) mass is 338 g/mol. The molecule has 0 aliphatic carbocycles. The van der Waals surface area contributed by atoms with E-state index < -0.39 is 10.0 Å². The Morgan fingerprint density at radius 3 is 2.32 bits per heavy atom. The zero-order chi connectivity index (χ0) is 16.3. The van der Waals surface area contributed by atoms with E-state index in [0.717, 1.165) is 40.2 Å². The number of hydrogen-bond acceptors (Lipinski definition) is 4. The fourth-order valence-electron chi connectivity index (χ4n) is 2.63. The Bertz CT molecular complexity index is 741. The molecule has 120 valence electrons. The summed E-state index contributed by atoms with van der Waals surface area (Å²) in [7, 11) is -3.45. The smallest absolute Gasteiger partial charge is 0.241 e. The molecule has 0 saturated heterocycles. The molecule has 0 bridgehead atoms. The molecule has 0 aliphatic heterocycles. The Morgan fingerprint density at radius 1 is 1.14 bits per heavy atom. The predicted octanol–water partition coefficient (Wildman–Crippen LogP) is 3.29. The zero-order valence-electron chi connectivity index (χ0n) is 13.4. The van der Waals surface area contributed by atoms with Gasteiger partial charge in [-0.15, -0.1) is 11.3 Å². The third-order valence-corrected chi connectivity index (χ3v) is 6.19. The molecule has 1 aromatic carbocycles. The van der Waals surface area contributed by atoms with Crippen LogP contribution in [-0.2, 0) is 16.4 Å². The summed E-state index contributed by atoms with van der Waals surface area (Å²) in [6.07, 6.45) is 1.54. The molecular formula is C16H22N2O2S2. The Hall–Kier alpha value is -1.24. The summed E-state index contributed by atoms with van der Waals surface area (Å²) in [5, 5.41) is 3.07. The summed E-state index contributed by atoms with van der Waals surface area (Å²) in [5.41, 5.74) is 3.68. The molecule has 0 atom stereocenters. The van der Waals surface area contributed by atoms with Gasteiger partial charge in [-0.25, -0.2) is 18.1 Å². The summed E-state index contributed by atoms with van der Waals surface area (Å²) >= 11 is 1.62. The lowest BCUT2D eigenvalue weighted by atomic mass is 10.1. The SMILES string of the molecule is Cc1cc(C)c(S(=O)(=O)NCCCc2nc(C)cs2)c(C)c1. The maximum absolute atomic E-state index is 12.5. The van der Waals surface area contributed by atoms with Crippen LogP contribution in [0.2, 0.25) is 0 Å². The van der Waals surface area contributed by atoms with Crippen molar-refractivity contribution in [1.82, 2.24) is 9.71 Å². The highest BCUT2D eigenvalue weighted by Crippen LogP contribution is 2.21. The van der Waals surface area contributed by atoms with Crippen molar-refractivity contribution in [2.24, 2.45) is 0 Å². The summed E-state index contributed by atoms with van der Waals surface area (Å²) in [4.78, 5) is 4.79. The van der Waals surface area contributed by atoms with Gasteiger partial charge in [0.25, 0.3) is 0 Å². The fraction of sp³-hybridized carbons (Fsp3) is 0.438. The normalized spacial score (nSPS) is 11.8. The standard InChI is InChI=1S/C16H22N2O2S2/c1-11-8-12(2)16(13(3)9-11)22(19,20)17-7-5-6-15-18-14(4)10-21-15/h8-10,17H,5-7H2,1-4H3. The number of aromatic nitrogens is 1. The van der Waals surface area contributed by atoms with Crippen molar-refractivity contribution in [2.45, 2.75) is 45.4 Å². The van der Waals surface area contributed by atoms with E-state index in [9.17, 15) is 8.42 Å². The highest BCUT2D eigenvalue weighted by molar-refractivity contribution is 7.89. The first kappa shape index (κ1) is 17.1. The summed E-state index contributed by atoms with van der Waals surface area (Å²) < 4.78 is 27.7. The van der Waals surface area contributed by atoms with Crippen LogP contribution in [0, 0.1) is 27.7 Å². The van der Waals surface area contributed by atoms with Gasteiger partial charge in [0.1, 0.15) is 0 Å². The number of aryl methyl sites for hydroxylation is 5. The molecule has 1 heterocycles. The van der Waals surface area contributed by atoms with Crippen molar-refractivity contribution in [2.75, 3.05) is 6.54 Å². The van der Waals surface area contributed by atoms with Gasteiger partial charge in [0.05, 0.1) is 9.90 Å². The number of benzene rings is 1. The van der Waals surface area contributed by atoms with Crippen molar-refractivity contribution >= 4 is 21.4 Å². The minimum Gasteiger partial charge on any atom is -0.247 e. The number of sulfonamides is 1. The maximum atomic E-state index is 12.5. The summed E-state index contributed by atoms with van der Waals surface area (Å²) in [6.45, 7) is 8.04. The van der Waals surface area contributed by atoms with Gasteiger partial charge >= 0.3 is 0 Å². The van der Waals surface area contributed by atoms with E-state index in [1.165, 1.54) is 0 Å². The van der Waals surface area contributed by atoms with Crippen LogP contribution in [0.5, 0.6) is 0 Å². The highest BCUT2D eigenvalue weighted by Gasteiger charge is 2.19. The van der Waals surface area contributed by atoms with Crippen LogP contribution >= 0.6 is 11.3 Å². The Kier molecular flexibility index (Phi) is 5.36. The molecule has 0 spiro atoms. The lowest BCUT2D eigenvalue weighted by Gasteiger charge is -2.13. The minimum atomic E-state index is -3.45. The molecule has 22 heavy (non-hydrogen) atoms. The second kappa shape index (κ2) is 6.89. The molecule has 0 fully saturated rings. The lowest BCUT2D eigenvalue weighted by Crippen LogP contribution is -2.26. The van der Waals surface area contributed by atoms with Crippen molar-refractivity contribution in [3.8, 4) is 0 Å². The summed E-state index contributed by atoms with van der Waals surface area (Å²) in [6, 6.07) is 3.81. The average molecular weight is 338 g/mol. The van der Waals surface area contributed by atoms with Gasteiger partial charge in [0, 0.05) is 24.0 Å². The number of hydrogen-bond donors (Lipinski definition) is 1. The van der Waals surface area contributed by atoms with E-state index in [2.05, 4.69) is 9.71 Å². The van der Waals surface area contributed by atoms with E-state index in [0.29, 0.717) is 11.4 Å². The second-order valence-electron chi connectivity index (χ2n) is 5.61. The van der Waals surface area contributed by atoms with Crippen LogP contribution in [0.15, 0.2) is 22.4 Å². The van der Waals surface area contributed by atoms with Crippen LogP contribution in [0.25, 0.3) is 0 Å². The van der Waals surface area contributed by atoms with Crippen LogP contribution in [0.4, 0.5) is 0 Å². The third-order valence-electron chi connectivity index (χ3n) is 3.40. The van der Waals surface area contributed by atoms with Gasteiger partial charge in [-0.2, -0.15) is 0 Å². The molecule has 2 aromatic rings. The first-order valence-electron chi connectivity index (χ1n) is 7.28. The minimum absolute atomic E-state index is 0.406. The van der Waals surface area contributed by atoms with Gasteiger partial charge < -0.3 is 0 Å². The second-order valence-corrected chi connectivity index (χ2v) is 8.26. The Morgan fingerprint density at radius 2 is 1.77 bits per heavy atom. The maximum Gasteiger partial charge on any atom is 0.241 e. The van der Waals surface area contributed by atoms with Crippen molar-refractivity contribution in [3.63, 3.8) is 0 Å². The molecular weight excluding hydrogens is 316 g/mol. The number of rotatable bonds is 6. The van der Waals surface area contributed by atoms with Crippen LogP contribution in [0.3, 0.4) is 0 Å². The molecule has 0 amide bonds. The molecule has 2 rings (SSSR count). The topological polar surface area (TPSA) is 59.1 Å². The first-order valence-corrected chi connectivity index (χ1v) is 9.64. The number of nitrogens with zero attached hydrogens (tertiary/aromatic N) is 1. The molecule has 1 aromatic heterocycles. The first-order chi connectivity index (χ1) is 10.3. The fourth-order valence-corrected chi connectivity index (χ4v) is 4.97. The van der Waals surface area contributed by atoms with Gasteiger partial charge in [-0.05, 0) is 45.2 Å². The Labute approximate surface area is 136 Å². The predicted molar refractivity (Wildman–Crippen MR) is 91.0 cm³/mol. The van der Waals surface area contributed by atoms with Gasteiger partial charge in [-0.3, -0.25) is 0 Å². The largest absolute Gasteiger partial charge is 0.247 e. The molecule has 6 heteroatoms. The molecule has 0 aliphatic rings. The molecule has 4 nitrogen and oxygen atoms in total. The van der Waals surface area contributed by atoms with Crippen LogP contribution < -0.4 is 4.72 Å². The van der Waals surface area contributed by atoms with Gasteiger partial charge in [-0.1, -0.05) is 17.7 Å². The van der Waals surface area contributed by atoms with Crippen molar-refractivity contribution in [3.05, 3.63) is 44.9 Å². The van der Waals surface area contributed by atoms with Crippen LogP contribution in [-0.4, -0.2) is 19.9 Å². The molecule has 1 N–H and O–H groups in total. The van der Waals surface area contributed by atoms with E-state index in [-0.39, 0.29) is 0 Å². The van der Waals surface area contributed by atoms with Crippen molar-refractivity contribution < 1.29 is 8.42 Å². The van der Waals surface area contributed by atoms with E-state index >= 15 is 0 Å². The van der Waals surface area contributed by atoms with Gasteiger partial charge in [0.15, 0.2) is 0 Å².